The maximum atomic E-state index is 12.0. The minimum absolute atomic E-state index is 0.151. The summed E-state index contributed by atoms with van der Waals surface area (Å²) in [4.78, 5) is 14.0. The fraction of sp³-hybridized carbons (Fsp3) is 0.417. The Morgan fingerprint density at radius 3 is 2.62 bits per heavy atom. The summed E-state index contributed by atoms with van der Waals surface area (Å²) in [6, 6.07) is 15.0. The van der Waals surface area contributed by atoms with E-state index in [1.807, 2.05) is 11.0 Å². The molecule has 1 saturated carbocycles. The number of carbonyl (C=O) groups excluding carboxylic acids is 1. The van der Waals surface area contributed by atoms with Gasteiger partial charge in [-0.15, -0.1) is 0 Å². The molecule has 3 aromatic rings. The molecule has 1 aliphatic rings. The van der Waals surface area contributed by atoms with Gasteiger partial charge in [-0.25, -0.2) is 0 Å². The maximum absolute atomic E-state index is 12.0. The van der Waals surface area contributed by atoms with Crippen molar-refractivity contribution in [1.29, 1.82) is 0 Å². The van der Waals surface area contributed by atoms with E-state index >= 15 is 0 Å². The number of anilines is 1. The first kappa shape index (κ1) is 19.5. The third-order valence-electron chi connectivity index (χ3n) is 5.26. The number of aromatic nitrogens is 1. The van der Waals surface area contributed by atoms with E-state index in [0.717, 1.165) is 52.9 Å². The quantitative estimate of drug-likeness (QED) is 0.606. The van der Waals surface area contributed by atoms with E-state index in [-0.39, 0.29) is 11.3 Å². The summed E-state index contributed by atoms with van der Waals surface area (Å²) in [6.45, 7) is 9.70. The Morgan fingerprint density at radius 1 is 1.17 bits per heavy atom. The van der Waals surface area contributed by atoms with Crippen molar-refractivity contribution in [2.45, 2.75) is 53.1 Å². The van der Waals surface area contributed by atoms with Crippen LogP contribution in [0.1, 0.15) is 46.1 Å². The first-order valence-electron chi connectivity index (χ1n) is 10.3. The summed E-state index contributed by atoms with van der Waals surface area (Å²) in [5, 5.41) is 8.60. The van der Waals surface area contributed by atoms with Crippen LogP contribution >= 0.6 is 0 Å². The third-order valence-corrected chi connectivity index (χ3v) is 5.26. The van der Waals surface area contributed by atoms with Crippen LogP contribution in [0.3, 0.4) is 0 Å². The lowest BCUT2D eigenvalue weighted by Crippen LogP contribution is -2.30. The molecule has 2 aromatic carbocycles. The summed E-state index contributed by atoms with van der Waals surface area (Å²) in [5.41, 5.74) is 4.33. The summed E-state index contributed by atoms with van der Waals surface area (Å²) in [5.74, 6) is 0.933. The fourth-order valence-corrected chi connectivity index (χ4v) is 3.52. The molecule has 0 atom stereocenters. The van der Waals surface area contributed by atoms with Crippen LogP contribution in [0.4, 0.5) is 5.82 Å². The van der Waals surface area contributed by atoms with Crippen LogP contribution in [-0.4, -0.2) is 28.6 Å². The summed E-state index contributed by atoms with van der Waals surface area (Å²) >= 11 is 0. The lowest BCUT2D eigenvalue weighted by molar-refractivity contribution is -0.130. The summed E-state index contributed by atoms with van der Waals surface area (Å²) in [6.07, 6.45) is 2.24. The number of amides is 1. The van der Waals surface area contributed by atoms with Crippen molar-refractivity contribution in [2.75, 3.05) is 11.9 Å². The Hall–Kier alpha value is -2.82. The van der Waals surface area contributed by atoms with E-state index < -0.39 is 0 Å². The van der Waals surface area contributed by atoms with Crippen molar-refractivity contribution in [2.24, 2.45) is 5.41 Å². The molecule has 152 valence electrons. The lowest BCUT2D eigenvalue weighted by Gasteiger charge is -2.21. The highest BCUT2D eigenvalue weighted by Gasteiger charge is 2.30. The van der Waals surface area contributed by atoms with Crippen molar-refractivity contribution in [3.63, 3.8) is 0 Å². The minimum atomic E-state index is 0.151. The molecule has 5 heteroatoms. The number of carbonyl (C=O) groups is 1. The zero-order chi connectivity index (χ0) is 20.6. The molecule has 0 spiro atoms. The van der Waals surface area contributed by atoms with Crippen molar-refractivity contribution < 1.29 is 9.32 Å². The number of nitrogens with one attached hydrogen (secondary N) is 1. The van der Waals surface area contributed by atoms with Gasteiger partial charge in [-0.3, -0.25) is 4.79 Å². The predicted molar refractivity (Wildman–Crippen MR) is 117 cm³/mol. The van der Waals surface area contributed by atoms with Gasteiger partial charge in [0.05, 0.1) is 5.39 Å². The molecule has 0 radical (unpaired) electrons. The van der Waals surface area contributed by atoms with Gasteiger partial charge in [-0.1, -0.05) is 50.2 Å². The van der Waals surface area contributed by atoms with Gasteiger partial charge >= 0.3 is 0 Å². The molecule has 1 aromatic heterocycles. The first-order valence-corrected chi connectivity index (χ1v) is 10.3. The number of hydrogen-bond donors (Lipinski definition) is 1. The highest BCUT2D eigenvalue weighted by atomic mass is 16.5. The molecule has 0 saturated heterocycles. The van der Waals surface area contributed by atoms with Gasteiger partial charge in [0.2, 0.25) is 5.91 Å². The number of hydrogen-bond acceptors (Lipinski definition) is 4. The second-order valence-corrected chi connectivity index (χ2v) is 9.23. The van der Waals surface area contributed by atoms with Crippen LogP contribution in [0, 0.1) is 5.41 Å². The normalized spacial score (nSPS) is 14.2. The van der Waals surface area contributed by atoms with Crippen molar-refractivity contribution in [3.8, 4) is 11.1 Å². The number of benzene rings is 2. The Morgan fingerprint density at radius 2 is 1.93 bits per heavy atom. The summed E-state index contributed by atoms with van der Waals surface area (Å²) in [7, 11) is 0. The van der Waals surface area contributed by atoms with E-state index in [0.29, 0.717) is 12.6 Å². The van der Waals surface area contributed by atoms with E-state index in [4.69, 9.17) is 4.52 Å². The Kier molecular flexibility index (Phi) is 5.07. The van der Waals surface area contributed by atoms with E-state index in [2.05, 4.69) is 67.6 Å². The van der Waals surface area contributed by atoms with Gasteiger partial charge < -0.3 is 14.7 Å². The van der Waals surface area contributed by atoms with Crippen LogP contribution in [0.5, 0.6) is 0 Å². The topological polar surface area (TPSA) is 58.4 Å². The molecule has 1 aliphatic carbocycles. The SMILES string of the molecule is CC(=O)N(Cc1cccc(-c2ccc3onc(NCC(C)(C)C)c3c2)c1)C1CC1. The van der Waals surface area contributed by atoms with Crippen LogP contribution in [0.2, 0.25) is 0 Å². The number of rotatable bonds is 6. The van der Waals surface area contributed by atoms with Crippen LogP contribution in [0.15, 0.2) is 47.0 Å². The van der Waals surface area contributed by atoms with Crippen LogP contribution in [0.25, 0.3) is 22.1 Å². The average molecular weight is 392 g/mol. The molecule has 5 nitrogen and oxygen atoms in total. The first-order chi connectivity index (χ1) is 13.8. The molecular formula is C24H29N3O2. The van der Waals surface area contributed by atoms with Gasteiger partial charge in [0, 0.05) is 26.1 Å². The third kappa shape index (κ3) is 4.61. The predicted octanol–water partition coefficient (Wildman–Crippen LogP) is 5.46. The van der Waals surface area contributed by atoms with Crippen molar-refractivity contribution in [3.05, 3.63) is 48.0 Å². The molecule has 1 N–H and O–H groups in total. The standard InChI is InChI=1S/C24H29N3O2/c1-16(28)27(20-9-10-20)14-17-6-5-7-18(12-17)19-8-11-22-21(13-19)23(26-29-22)25-15-24(2,3)4/h5-8,11-13,20H,9-10,14-15H2,1-4H3,(H,25,26). The van der Waals surface area contributed by atoms with Gasteiger partial charge in [-0.2, -0.15) is 0 Å². The monoisotopic (exact) mass is 391 g/mol. The number of nitrogens with zero attached hydrogens (tertiary/aromatic N) is 2. The molecule has 1 heterocycles. The second-order valence-electron chi connectivity index (χ2n) is 9.23. The fourth-order valence-electron chi connectivity index (χ4n) is 3.52. The zero-order valence-electron chi connectivity index (χ0n) is 17.7. The number of fused-ring (bicyclic) bond motifs is 1. The minimum Gasteiger partial charge on any atom is -0.366 e. The van der Waals surface area contributed by atoms with E-state index in [1.165, 1.54) is 0 Å². The van der Waals surface area contributed by atoms with E-state index in [1.54, 1.807) is 6.92 Å². The maximum Gasteiger partial charge on any atom is 0.219 e. The van der Waals surface area contributed by atoms with Gasteiger partial charge in [0.15, 0.2) is 11.4 Å². The Bertz CT molecular complexity index is 1030. The second kappa shape index (κ2) is 7.54. The van der Waals surface area contributed by atoms with Crippen molar-refractivity contribution >= 4 is 22.7 Å². The highest BCUT2D eigenvalue weighted by Crippen LogP contribution is 2.32. The molecule has 0 aliphatic heterocycles. The Balaban J connectivity index is 1.60. The molecule has 1 amide bonds. The van der Waals surface area contributed by atoms with Crippen LogP contribution < -0.4 is 5.32 Å². The molecule has 0 bridgehead atoms. The lowest BCUT2D eigenvalue weighted by atomic mass is 9.97. The summed E-state index contributed by atoms with van der Waals surface area (Å²) < 4.78 is 5.48. The van der Waals surface area contributed by atoms with E-state index in [9.17, 15) is 4.79 Å². The van der Waals surface area contributed by atoms with Crippen LogP contribution in [-0.2, 0) is 11.3 Å². The van der Waals surface area contributed by atoms with Gasteiger partial charge in [-0.05, 0) is 53.1 Å². The average Bonchev–Trinajstić information content (AvgIpc) is 3.43. The van der Waals surface area contributed by atoms with Crippen molar-refractivity contribution in [1.82, 2.24) is 10.1 Å². The molecule has 4 rings (SSSR count). The largest absolute Gasteiger partial charge is 0.366 e. The van der Waals surface area contributed by atoms with Gasteiger partial charge in [0.1, 0.15) is 0 Å². The smallest absolute Gasteiger partial charge is 0.219 e. The zero-order valence-corrected chi connectivity index (χ0v) is 17.7. The molecular weight excluding hydrogens is 362 g/mol. The molecule has 29 heavy (non-hydrogen) atoms. The Labute approximate surface area is 172 Å². The molecule has 0 unspecified atom stereocenters. The van der Waals surface area contributed by atoms with Gasteiger partial charge in [0.25, 0.3) is 0 Å². The highest BCUT2D eigenvalue weighted by molar-refractivity contribution is 5.91. The molecule has 1 fully saturated rings.